The molecule has 4 aromatic rings. The molecule has 8 nitrogen and oxygen atoms in total. The molecule has 1 N–H and O–H groups in total. The highest BCUT2D eigenvalue weighted by atomic mass is 32.2. The minimum Gasteiger partial charge on any atom is -0.406 e. The number of alkyl halides is 3. The summed E-state index contributed by atoms with van der Waals surface area (Å²) in [6, 6.07) is 18.7. The van der Waals surface area contributed by atoms with Crippen molar-refractivity contribution >= 4 is 28.6 Å². The number of aromatic nitrogens is 3. The van der Waals surface area contributed by atoms with Crippen LogP contribution in [-0.4, -0.2) is 44.6 Å². The number of anilines is 1. The van der Waals surface area contributed by atoms with E-state index in [0.717, 1.165) is 29.1 Å². The molecule has 1 aliphatic heterocycles. The minimum atomic E-state index is -4.76. The van der Waals surface area contributed by atoms with Crippen molar-refractivity contribution in [3.05, 3.63) is 89.7 Å². The first kappa shape index (κ1) is 31.1. The number of urea groups is 1. The van der Waals surface area contributed by atoms with Gasteiger partial charge in [0.2, 0.25) is 0 Å². The summed E-state index contributed by atoms with van der Waals surface area (Å²) in [6.07, 6.45) is -3.27. The van der Waals surface area contributed by atoms with Crippen LogP contribution >= 0.6 is 11.8 Å². The first-order valence-corrected chi connectivity index (χ1v) is 15.1. The van der Waals surface area contributed by atoms with Crippen LogP contribution in [0.3, 0.4) is 0 Å². The molecule has 0 radical (unpaired) electrons. The van der Waals surface area contributed by atoms with E-state index >= 15 is 0 Å². The predicted molar refractivity (Wildman–Crippen MR) is 168 cm³/mol. The van der Waals surface area contributed by atoms with Crippen LogP contribution in [0.1, 0.15) is 50.3 Å². The van der Waals surface area contributed by atoms with E-state index in [-0.39, 0.29) is 5.75 Å². The van der Waals surface area contributed by atoms with E-state index in [1.165, 1.54) is 46.4 Å². The molecule has 230 valence electrons. The lowest BCUT2D eigenvalue weighted by atomic mass is 9.93. The van der Waals surface area contributed by atoms with Crippen LogP contribution in [0.2, 0.25) is 0 Å². The average Bonchev–Trinajstić information content (AvgIpc) is 3.62. The van der Waals surface area contributed by atoms with Crippen molar-refractivity contribution in [1.29, 1.82) is 0 Å². The third kappa shape index (κ3) is 7.07. The maximum Gasteiger partial charge on any atom is 0.573 e. The molecule has 2 amide bonds. The second kappa shape index (κ2) is 12.4. The monoisotopic (exact) mass is 622 g/mol. The molecule has 0 aliphatic carbocycles. The maximum atomic E-state index is 13.1. The molecular weight excluding hydrogens is 589 g/mol. The van der Waals surface area contributed by atoms with E-state index in [9.17, 15) is 18.0 Å². The van der Waals surface area contributed by atoms with Gasteiger partial charge in [0.15, 0.2) is 11.0 Å². The van der Waals surface area contributed by atoms with Gasteiger partial charge in [-0.05, 0) is 73.7 Å². The maximum absolute atomic E-state index is 13.1. The number of nitrogens with one attached hydrogen (secondary N) is 1. The Balaban J connectivity index is 1.27. The van der Waals surface area contributed by atoms with Gasteiger partial charge in [-0.25, -0.2) is 14.5 Å². The normalized spacial score (nSPS) is 14.8. The lowest BCUT2D eigenvalue weighted by Crippen LogP contribution is -2.40. The summed E-state index contributed by atoms with van der Waals surface area (Å²) in [6.45, 7) is 11.1. The topological polar surface area (TPSA) is 84.6 Å². The molecule has 0 bridgehead atoms. The number of amidine groups is 1. The Morgan fingerprint density at radius 1 is 1.05 bits per heavy atom. The molecule has 1 saturated heterocycles. The molecule has 12 heteroatoms. The summed E-state index contributed by atoms with van der Waals surface area (Å²) in [4.78, 5) is 24.1. The fraction of sp³-hybridized carbons (Fsp3) is 0.312. The minimum absolute atomic E-state index is 0.316. The number of rotatable bonds is 7. The fourth-order valence-electron chi connectivity index (χ4n) is 5.18. The Labute approximate surface area is 258 Å². The fourth-order valence-corrected chi connectivity index (χ4v) is 6.13. The average molecular weight is 623 g/mol. The predicted octanol–water partition coefficient (Wildman–Crippen LogP) is 7.82. The van der Waals surface area contributed by atoms with E-state index < -0.39 is 17.9 Å². The molecular formula is C32H33F3N6O2S. The first-order chi connectivity index (χ1) is 20.8. The SMILES string of the molecule is Cc1cccc(N2CCS/C2=N\C(=O)NC(C)(C)c2ccc(-c3ncn(-c4ccc(OC(F)(F)F)cc4)n3)cc2)c1C(C)C. The van der Waals surface area contributed by atoms with Crippen molar-refractivity contribution in [1.82, 2.24) is 20.1 Å². The molecule has 0 spiro atoms. The van der Waals surface area contributed by atoms with Crippen LogP contribution in [0.15, 0.2) is 78.0 Å². The summed E-state index contributed by atoms with van der Waals surface area (Å²) < 4.78 is 42.7. The number of thioether (sulfide) groups is 1. The Bertz CT molecular complexity index is 1660. The Morgan fingerprint density at radius 2 is 1.75 bits per heavy atom. The van der Waals surface area contributed by atoms with Crippen LogP contribution in [0.4, 0.5) is 23.7 Å². The van der Waals surface area contributed by atoms with Crippen LogP contribution in [0.25, 0.3) is 17.1 Å². The zero-order chi connectivity index (χ0) is 31.6. The smallest absolute Gasteiger partial charge is 0.406 e. The molecule has 5 rings (SSSR count). The number of ether oxygens (including phenoxy) is 1. The van der Waals surface area contributed by atoms with Gasteiger partial charge < -0.3 is 15.0 Å². The van der Waals surface area contributed by atoms with Crippen molar-refractivity contribution in [3.63, 3.8) is 0 Å². The van der Waals surface area contributed by atoms with Gasteiger partial charge in [0.05, 0.1) is 11.2 Å². The molecule has 1 aliphatic rings. The van der Waals surface area contributed by atoms with Crippen LogP contribution < -0.4 is 15.0 Å². The summed E-state index contributed by atoms with van der Waals surface area (Å²) in [5.74, 6) is 1.31. The van der Waals surface area contributed by atoms with Crippen LogP contribution in [0.5, 0.6) is 5.75 Å². The largest absolute Gasteiger partial charge is 0.573 e. The van der Waals surface area contributed by atoms with E-state index in [1.54, 1.807) is 11.8 Å². The number of hydrogen-bond donors (Lipinski definition) is 1. The molecule has 44 heavy (non-hydrogen) atoms. The summed E-state index contributed by atoms with van der Waals surface area (Å²) >= 11 is 1.57. The van der Waals surface area contributed by atoms with Crippen LogP contribution in [-0.2, 0) is 5.54 Å². The van der Waals surface area contributed by atoms with Gasteiger partial charge in [0.25, 0.3) is 0 Å². The third-order valence-corrected chi connectivity index (χ3v) is 8.21. The second-order valence-electron chi connectivity index (χ2n) is 11.2. The molecule has 1 aromatic heterocycles. The van der Waals surface area contributed by atoms with Gasteiger partial charge in [-0.3, -0.25) is 0 Å². The van der Waals surface area contributed by atoms with Crippen LogP contribution in [0, 0.1) is 6.92 Å². The Hall–Kier alpha value is -4.32. The molecule has 1 fully saturated rings. The van der Waals surface area contributed by atoms with E-state index in [2.05, 4.69) is 62.9 Å². The Morgan fingerprint density at radius 3 is 2.41 bits per heavy atom. The van der Waals surface area contributed by atoms with Crippen molar-refractivity contribution in [2.24, 2.45) is 4.99 Å². The van der Waals surface area contributed by atoms with Crippen molar-refractivity contribution in [2.45, 2.75) is 52.4 Å². The molecule has 0 saturated carbocycles. The van der Waals surface area contributed by atoms with Crippen molar-refractivity contribution in [2.75, 3.05) is 17.2 Å². The summed E-state index contributed by atoms with van der Waals surface area (Å²) in [5, 5.41) is 8.18. The van der Waals surface area contributed by atoms with Gasteiger partial charge in [-0.1, -0.05) is 62.0 Å². The second-order valence-corrected chi connectivity index (χ2v) is 12.3. The number of hydrogen-bond acceptors (Lipinski definition) is 5. The van der Waals surface area contributed by atoms with Gasteiger partial charge in [-0.15, -0.1) is 18.3 Å². The van der Waals surface area contributed by atoms with Crippen molar-refractivity contribution in [3.8, 4) is 22.8 Å². The number of nitrogens with zero attached hydrogens (tertiary/aromatic N) is 5. The highest BCUT2D eigenvalue weighted by Gasteiger charge is 2.31. The zero-order valence-corrected chi connectivity index (χ0v) is 25.8. The molecule has 3 aromatic carbocycles. The number of benzene rings is 3. The van der Waals surface area contributed by atoms with E-state index in [4.69, 9.17) is 0 Å². The summed E-state index contributed by atoms with van der Waals surface area (Å²) in [7, 11) is 0. The number of amides is 2. The number of halogens is 3. The van der Waals surface area contributed by atoms with Gasteiger partial charge in [0, 0.05) is 23.5 Å². The first-order valence-electron chi connectivity index (χ1n) is 14.1. The standard InChI is InChI=1S/C32H33F3N6O2S/c1-20(2)27-21(3)7-6-8-26(27)40-17-18-44-30(40)37-29(42)38-31(4,5)23-11-9-22(10-12-23)28-36-19-41(39-28)24-13-15-25(16-14-24)43-32(33,34)35/h6-16,19-20H,17-18H2,1-5H3,(H,38,42)/b37-30-. The highest BCUT2D eigenvalue weighted by molar-refractivity contribution is 8.14. The van der Waals surface area contributed by atoms with Gasteiger partial charge >= 0.3 is 12.4 Å². The Kier molecular flexibility index (Phi) is 8.73. The third-order valence-electron chi connectivity index (χ3n) is 7.25. The number of aryl methyl sites for hydroxylation is 1. The molecule has 0 unspecified atom stereocenters. The molecule has 0 atom stereocenters. The lowest BCUT2D eigenvalue weighted by Gasteiger charge is -2.27. The van der Waals surface area contributed by atoms with E-state index in [0.29, 0.717) is 22.6 Å². The number of carbonyl (C=O) groups is 1. The molecule has 2 heterocycles. The highest BCUT2D eigenvalue weighted by Crippen LogP contribution is 2.35. The quantitative estimate of drug-likeness (QED) is 0.226. The van der Waals surface area contributed by atoms with Gasteiger partial charge in [-0.2, -0.15) is 4.99 Å². The van der Waals surface area contributed by atoms with Gasteiger partial charge in [0.1, 0.15) is 12.1 Å². The van der Waals surface area contributed by atoms with Crippen molar-refractivity contribution < 1.29 is 22.7 Å². The van der Waals surface area contributed by atoms with E-state index in [1.807, 2.05) is 44.2 Å². The lowest BCUT2D eigenvalue weighted by molar-refractivity contribution is -0.274. The summed E-state index contributed by atoms with van der Waals surface area (Å²) in [5.41, 5.74) is 5.00. The zero-order valence-electron chi connectivity index (χ0n) is 25.0. The number of aliphatic imine (C=N–C) groups is 1. The number of carbonyl (C=O) groups excluding carboxylic acids is 1.